The highest BCUT2D eigenvalue weighted by Gasteiger charge is 2.27. The molecular weight excluding hydrogens is 278 g/mol. The molecule has 1 saturated heterocycles. The largest absolute Gasteiger partial charge is 0.490 e. The summed E-state index contributed by atoms with van der Waals surface area (Å²) in [5, 5.41) is 10.2. The van der Waals surface area contributed by atoms with Crippen molar-refractivity contribution in [1.82, 2.24) is 0 Å². The third-order valence-electron chi connectivity index (χ3n) is 3.91. The standard InChI is InChI=1S/C18H27NO3/c1-4-7-16-8-5-6-9-18(16)21-13-17(20)12-19-10-14(2)22-15(3)11-19/h4-6,8-9,14-15,17,20H,1,7,10-13H2,2-3H3/p+1/t14-,15-,17+/m1/s1. The van der Waals surface area contributed by atoms with Gasteiger partial charge in [-0.2, -0.15) is 0 Å². The van der Waals surface area contributed by atoms with Gasteiger partial charge in [0.1, 0.15) is 50.3 Å². The van der Waals surface area contributed by atoms with Crippen LogP contribution < -0.4 is 9.64 Å². The van der Waals surface area contributed by atoms with Gasteiger partial charge in [-0.15, -0.1) is 6.58 Å². The van der Waals surface area contributed by atoms with E-state index in [2.05, 4.69) is 20.4 Å². The number of nitrogens with one attached hydrogen (secondary N) is 1. The summed E-state index contributed by atoms with van der Waals surface area (Å²) in [6.07, 6.45) is 2.67. The first kappa shape index (κ1) is 17.0. The van der Waals surface area contributed by atoms with Gasteiger partial charge in [0.15, 0.2) is 0 Å². The Bertz CT molecular complexity index is 467. The molecule has 2 rings (SSSR count). The van der Waals surface area contributed by atoms with Crippen LogP contribution in [-0.2, 0) is 11.2 Å². The second-order valence-electron chi connectivity index (χ2n) is 6.19. The zero-order chi connectivity index (χ0) is 15.9. The zero-order valence-electron chi connectivity index (χ0n) is 13.6. The van der Waals surface area contributed by atoms with Crippen LogP contribution in [0.1, 0.15) is 19.4 Å². The van der Waals surface area contributed by atoms with Crippen LogP contribution in [0.15, 0.2) is 36.9 Å². The molecule has 2 N–H and O–H groups in total. The van der Waals surface area contributed by atoms with Crippen molar-refractivity contribution >= 4 is 0 Å². The van der Waals surface area contributed by atoms with E-state index in [1.807, 2.05) is 30.3 Å². The third kappa shape index (κ3) is 5.13. The summed E-state index contributed by atoms with van der Waals surface area (Å²) in [4.78, 5) is 1.38. The first-order valence-electron chi connectivity index (χ1n) is 8.07. The predicted octanol–water partition coefficient (Wildman–Crippen LogP) is 0.847. The Labute approximate surface area is 133 Å². The van der Waals surface area contributed by atoms with Crippen molar-refractivity contribution in [3.8, 4) is 5.75 Å². The van der Waals surface area contributed by atoms with Crippen LogP contribution in [-0.4, -0.2) is 49.7 Å². The number of aliphatic hydroxyl groups excluding tert-OH is 1. The number of benzene rings is 1. The van der Waals surface area contributed by atoms with Gasteiger partial charge in [-0.1, -0.05) is 24.3 Å². The number of quaternary nitrogens is 1. The van der Waals surface area contributed by atoms with Crippen LogP contribution in [0.3, 0.4) is 0 Å². The molecule has 22 heavy (non-hydrogen) atoms. The topological polar surface area (TPSA) is 43.1 Å². The maximum Gasteiger partial charge on any atom is 0.137 e. The molecule has 0 aromatic heterocycles. The van der Waals surface area contributed by atoms with Crippen LogP contribution in [0.2, 0.25) is 0 Å². The Hall–Kier alpha value is -1.36. The molecule has 122 valence electrons. The Balaban J connectivity index is 1.82. The second-order valence-corrected chi connectivity index (χ2v) is 6.19. The van der Waals surface area contributed by atoms with Gasteiger partial charge in [0.25, 0.3) is 0 Å². The maximum absolute atomic E-state index is 10.2. The molecule has 0 unspecified atom stereocenters. The molecule has 0 spiro atoms. The Morgan fingerprint density at radius 1 is 1.36 bits per heavy atom. The van der Waals surface area contributed by atoms with Gasteiger partial charge in [0.05, 0.1) is 0 Å². The fourth-order valence-electron chi connectivity index (χ4n) is 3.10. The highest BCUT2D eigenvalue weighted by atomic mass is 16.5. The molecule has 1 aromatic rings. The summed E-state index contributed by atoms with van der Waals surface area (Å²) in [6, 6.07) is 7.91. The van der Waals surface area contributed by atoms with Gasteiger partial charge in [0.2, 0.25) is 0 Å². The summed E-state index contributed by atoms with van der Waals surface area (Å²) in [6.45, 7) is 10.8. The van der Waals surface area contributed by atoms with Crippen molar-refractivity contribution in [3.05, 3.63) is 42.5 Å². The lowest BCUT2D eigenvalue weighted by Gasteiger charge is -2.33. The number of ether oxygens (including phenoxy) is 2. The molecule has 4 heteroatoms. The van der Waals surface area contributed by atoms with E-state index in [0.29, 0.717) is 13.2 Å². The Kier molecular flexibility index (Phi) is 6.43. The summed E-state index contributed by atoms with van der Waals surface area (Å²) in [5.74, 6) is 0.833. The summed E-state index contributed by atoms with van der Waals surface area (Å²) in [7, 11) is 0. The van der Waals surface area contributed by atoms with Crippen molar-refractivity contribution in [3.63, 3.8) is 0 Å². The normalized spacial score (nSPS) is 26.4. The van der Waals surface area contributed by atoms with E-state index in [9.17, 15) is 5.11 Å². The molecule has 0 aliphatic carbocycles. The molecule has 1 fully saturated rings. The smallest absolute Gasteiger partial charge is 0.137 e. The minimum absolute atomic E-state index is 0.250. The van der Waals surface area contributed by atoms with E-state index in [1.165, 1.54) is 4.90 Å². The molecule has 1 aliphatic heterocycles. The molecule has 0 radical (unpaired) electrons. The fourth-order valence-corrected chi connectivity index (χ4v) is 3.10. The van der Waals surface area contributed by atoms with Crippen LogP contribution in [0.4, 0.5) is 0 Å². The number of hydrogen-bond acceptors (Lipinski definition) is 3. The van der Waals surface area contributed by atoms with Gasteiger partial charge < -0.3 is 19.5 Å². The number of aliphatic hydroxyl groups is 1. The molecule has 1 aromatic carbocycles. The van der Waals surface area contributed by atoms with Gasteiger partial charge in [-0.25, -0.2) is 0 Å². The molecule has 1 heterocycles. The second kappa shape index (κ2) is 8.32. The lowest BCUT2D eigenvalue weighted by Crippen LogP contribution is -3.16. The van der Waals surface area contributed by atoms with Crippen molar-refractivity contribution in [2.75, 3.05) is 26.2 Å². The van der Waals surface area contributed by atoms with Gasteiger partial charge in [-0.05, 0) is 31.9 Å². The molecule has 4 nitrogen and oxygen atoms in total. The zero-order valence-corrected chi connectivity index (χ0v) is 13.6. The van der Waals surface area contributed by atoms with Crippen molar-refractivity contribution < 1.29 is 19.5 Å². The van der Waals surface area contributed by atoms with Gasteiger partial charge in [0, 0.05) is 0 Å². The van der Waals surface area contributed by atoms with E-state index in [0.717, 1.165) is 30.8 Å². The average Bonchev–Trinajstić information content (AvgIpc) is 2.45. The first-order chi connectivity index (χ1) is 10.6. The monoisotopic (exact) mass is 306 g/mol. The van der Waals surface area contributed by atoms with Crippen LogP contribution in [0.25, 0.3) is 0 Å². The predicted molar refractivity (Wildman–Crippen MR) is 87.4 cm³/mol. The van der Waals surface area contributed by atoms with E-state index < -0.39 is 6.10 Å². The average molecular weight is 306 g/mol. The number of hydrogen-bond donors (Lipinski definition) is 2. The number of allylic oxidation sites excluding steroid dienone is 1. The van der Waals surface area contributed by atoms with Crippen molar-refractivity contribution in [2.24, 2.45) is 0 Å². The van der Waals surface area contributed by atoms with E-state index in [-0.39, 0.29) is 12.2 Å². The summed E-state index contributed by atoms with van der Waals surface area (Å²) >= 11 is 0. The van der Waals surface area contributed by atoms with Crippen molar-refractivity contribution in [1.29, 1.82) is 0 Å². The third-order valence-corrected chi connectivity index (χ3v) is 3.91. The molecule has 0 amide bonds. The van der Waals surface area contributed by atoms with Crippen molar-refractivity contribution in [2.45, 2.75) is 38.6 Å². The Morgan fingerprint density at radius 2 is 2.05 bits per heavy atom. The lowest BCUT2D eigenvalue weighted by molar-refractivity contribution is -0.918. The molecule has 3 atom stereocenters. The number of rotatable bonds is 7. The lowest BCUT2D eigenvalue weighted by atomic mass is 10.1. The maximum atomic E-state index is 10.2. The van der Waals surface area contributed by atoms with E-state index in [4.69, 9.17) is 9.47 Å². The van der Waals surface area contributed by atoms with Crippen LogP contribution in [0.5, 0.6) is 5.75 Å². The van der Waals surface area contributed by atoms with Gasteiger partial charge in [-0.3, -0.25) is 0 Å². The first-order valence-corrected chi connectivity index (χ1v) is 8.07. The number of para-hydroxylation sites is 1. The fraction of sp³-hybridized carbons (Fsp3) is 0.556. The highest BCUT2D eigenvalue weighted by Crippen LogP contribution is 2.18. The Morgan fingerprint density at radius 3 is 2.73 bits per heavy atom. The van der Waals surface area contributed by atoms with E-state index in [1.54, 1.807) is 0 Å². The van der Waals surface area contributed by atoms with Crippen LogP contribution in [0, 0.1) is 0 Å². The molecular formula is C18H28NO3+. The SMILES string of the molecule is C=CCc1ccccc1OC[C@@H](O)C[NH+]1C[C@@H](C)O[C@H](C)C1. The van der Waals surface area contributed by atoms with Crippen LogP contribution >= 0.6 is 0 Å². The molecule has 1 aliphatic rings. The summed E-state index contributed by atoms with van der Waals surface area (Å²) in [5.41, 5.74) is 1.10. The molecule has 0 saturated carbocycles. The van der Waals surface area contributed by atoms with Gasteiger partial charge >= 0.3 is 0 Å². The van der Waals surface area contributed by atoms with E-state index >= 15 is 0 Å². The molecule has 0 bridgehead atoms. The minimum Gasteiger partial charge on any atom is -0.490 e. The summed E-state index contributed by atoms with van der Waals surface area (Å²) < 4.78 is 11.5. The quantitative estimate of drug-likeness (QED) is 0.734. The minimum atomic E-state index is -0.468. The highest BCUT2D eigenvalue weighted by molar-refractivity contribution is 5.34. The number of morpholine rings is 1.